The number of ether oxygens (including phenoxy) is 1. The second-order valence-electron chi connectivity index (χ2n) is 3.26. The first kappa shape index (κ1) is 11.4. The summed E-state index contributed by atoms with van der Waals surface area (Å²) in [5.41, 5.74) is 3.26. The molecule has 2 nitrogen and oxygen atoms in total. The summed E-state index contributed by atoms with van der Waals surface area (Å²) >= 11 is 0. The van der Waals surface area contributed by atoms with Gasteiger partial charge in [0.1, 0.15) is 5.76 Å². The quantitative estimate of drug-likeness (QED) is 0.588. The second-order valence-corrected chi connectivity index (χ2v) is 3.26. The molecule has 0 aliphatic heterocycles. The van der Waals surface area contributed by atoms with Crippen LogP contribution in [0.25, 0.3) is 5.57 Å². The van der Waals surface area contributed by atoms with Gasteiger partial charge in [-0.3, -0.25) is 0 Å². The molecule has 0 radical (unpaired) electrons. The van der Waals surface area contributed by atoms with E-state index in [9.17, 15) is 0 Å². The van der Waals surface area contributed by atoms with Crippen LogP contribution in [0.2, 0.25) is 0 Å². The molecule has 0 aromatic carbocycles. The topological polar surface area (TPSA) is 25.0 Å². The summed E-state index contributed by atoms with van der Waals surface area (Å²) in [6.45, 7) is 7.71. The van der Waals surface area contributed by atoms with Gasteiger partial charge < -0.3 is 9.72 Å². The fraction of sp³-hybridized carbons (Fsp3) is 0.231. The van der Waals surface area contributed by atoms with E-state index in [0.29, 0.717) is 0 Å². The zero-order chi connectivity index (χ0) is 11.3. The van der Waals surface area contributed by atoms with E-state index in [1.807, 2.05) is 32.2 Å². The number of aromatic amines is 1. The van der Waals surface area contributed by atoms with Gasteiger partial charge >= 0.3 is 0 Å². The largest absolute Gasteiger partial charge is 0.496 e. The first-order valence-corrected chi connectivity index (χ1v) is 4.91. The highest BCUT2D eigenvalue weighted by atomic mass is 16.5. The third-order valence-electron chi connectivity index (χ3n) is 2.15. The van der Waals surface area contributed by atoms with Gasteiger partial charge in [0, 0.05) is 17.5 Å². The Hall–Kier alpha value is -1.70. The lowest BCUT2D eigenvalue weighted by molar-refractivity contribution is 0.310. The summed E-state index contributed by atoms with van der Waals surface area (Å²) in [6.07, 6.45) is 7.60. The number of nitrogens with one attached hydrogen (secondary N) is 1. The molecular formula is C13H17NO. The molecule has 0 spiro atoms. The van der Waals surface area contributed by atoms with Crippen molar-refractivity contribution in [3.8, 4) is 0 Å². The molecular weight excluding hydrogens is 186 g/mol. The van der Waals surface area contributed by atoms with Crippen molar-refractivity contribution in [1.29, 1.82) is 0 Å². The van der Waals surface area contributed by atoms with Gasteiger partial charge in [0.25, 0.3) is 0 Å². The molecule has 1 heterocycles. The monoisotopic (exact) mass is 203 g/mol. The SMILES string of the molecule is C=C/C=C(\C(=C/C)OC)c1cc(C)c[nH]1. The van der Waals surface area contributed by atoms with E-state index in [-0.39, 0.29) is 0 Å². The molecule has 0 bridgehead atoms. The highest BCUT2D eigenvalue weighted by Gasteiger charge is 2.08. The molecule has 0 saturated carbocycles. The number of aryl methyl sites for hydroxylation is 1. The van der Waals surface area contributed by atoms with Crippen LogP contribution in [0, 0.1) is 6.92 Å². The minimum Gasteiger partial charge on any atom is -0.496 e. The van der Waals surface area contributed by atoms with E-state index in [4.69, 9.17) is 4.74 Å². The molecule has 0 unspecified atom stereocenters. The molecule has 1 N–H and O–H groups in total. The van der Waals surface area contributed by atoms with Crippen LogP contribution in [0.3, 0.4) is 0 Å². The van der Waals surface area contributed by atoms with Gasteiger partial charge in [-0.25, -0.2) is 0 Å². The number of hydrogen-bond donors (Lipinski definition) is 1. The Balaban J connectivity index is 3.14. The average molecular weight is 203 g/mol. The van der Waals surface area contributed by atoms with E-state index < -0.39 is 0 Å². The van der Waals surface area contributed by atoms with Crippen molar-refractivity contribution in [3.63, 3.8) is 0 Å². The Labute approximate surface area is 91.0 Å². The minimum atomic E-state index is 0.844. The number of methoxy groups -OCH3 is 1. The van der Waals surface area contributed by atoms with Crippen molar-refractivity contribution >= 4 is 5.57 Å². The van der Waals surface area contributed by atoms with Crippen LogP contribution < -0.4 is 0 Å². The molecule has 1 aromatic rings. The molecule has 0 aliphatic carbocycles. The molecule has 2 heteroatoms. The number of rotatable bonds is 4. The lowest BCUT2D eigenvalue weighted by atomic mass is 10.1. The molecule has 1 rings (SSSR count). The Bertz CT molecular complexity index is 396. The Morgan fingerprint density at radius 3 is 2.67 bits per heavy atom. The van der Waals surface area contributed by atoms with Crippen LogP contribution in [0.5, 0.6) is 0 Å². The lowest BCUT2D eigenvalue weighted by Crippen LogP contribution is -1.92. The third kappa shape index (κ3) is 2.62. The molecule has 0 fully saturated rings. The smallest absolute Gasteiger partial charge is 0.123 e. The predicted molar refractivity (Wildman–Crippen MR) is 64.5 cm³/mol. The van der Waals surface area contributed by atoms with Gasteiger partial charge in [0.15, 0.2) is 0 Å². The van der Waals surface area contributed by atoms with Crippen molar-refractivity contribution in [2.75, 3.05) is 7.11 Å². The summed E-state index contributed by atoms with van der Waals surface area (Å²) < 4.78 is 5.30. The van der Waals surface area contributed by atoms with Gasteiger partial charge in [-0.15, -0.1) is 0 Å². The maximum absolute atomic E-state index is 5.30. The van der Waals surface area contributed by atoms with Crippen molar-refractivity contribution in [3.05, 3.63) is 54.1 Å². The summed E-state index contributed by atoms with van der Waals surface area (Å²) in [5.74, 6) is 0.844. The molecule has 0 amide bonds. The van der Waals surface area contributed by atoms with E-state index in [2.05, 4.69) is 17.6 Å². The number of aromatic nitrogens is 1. The highest BCUT2D eigenvalue weighted by molar-refractivity contribution is 5.76. The van der Waals surface area contributed by atoms with E-state index in [1.165, 1.54) is 5.56 Å². The maximum atomic E-state index is 5.30. The van der Waals surface area contributed by atoms with Crippen molar-refractivity contribution in [2.24, 2.45) is 0 Å². The Morgan fingerprint density at radius 1 is 1.53 bits per heavy atom. The number of H-pyrrole nitrogens is 1. The molecule has 0 atom stereocenters. The van der Waals surface area contributed by atoms with Crippen molar-refractivity contribution in [1.82, 2.24) is 4.98 Å². The predicted octanol–water partition coefficient (Wildman–Crippen LogP) is 3.44. The molecule has 80 valence electrons. The van der Waals surface area contributed by atoms with Crippen LogP contribution in [-0.4, -0.2) is 12.1 Å². The summed E-state index contributed by atoms with van der Waals surface area (Å²) in [7, 11) is 1.67. The minimum absolute atomic E-state index is 0.844. The van der Waals surface area contributed by atoms with Crippen LogP contribution in [-0.2, 0) is 4.74 Å². The summed E-state index contributed by atoms with van der Waals surface area (Å²) in [6, 6.07) is 2.08. The third-order valence-corrected chi connectivity index (χ3v) is 2.15. The average Bonchev–Trinajstić information content (AvgIpc) is 2.65. The maximum Gasteiger partial charge on any atom is 0.123 e. The van der Waals surface area contributed by atoms with E-state index in [1.54, 1.807) is 13.2 Å². The zero-order valence-electron chi connectivity index (χ0n) is 9.50. The Morgan fingerprint density at radius 2 is 2.27 bits per heavy atom. The summed E-state index contributed by atoms with van der Waals surface area (Å²) in [5, 5.41) is 0. The number of allylic oxidation sites excluding steroid dienone is 4. The second kappa shape index (κ2) is 5.25. The first-order valence-electron chi connectivity index (χ1n) is 4.91. The lowest BCUT2D eigenvalue weighted by Gasteiger charge is -2.08. The van der Waals surface area contributed by atoms with Crippen LogP contribution >= 0.6 is 0 Å². The molecule has 15 heavy (non-hydrogen) atoms. The van der Waals surface area contributed by atoms with Crippen LogP contribution in [0.1, 0.15) is 18.2 Å². The van der Waals surface area contributed by atoms with Gasteiger partial charge in [0.2, 0.25) is 0 Å². The van der Waals surface area contributed by atoms with Gasteiger partial charge in [-0.1, -0.05) is 12.7 Å². The van der Waals surface area contributed by atoms with E-state index >= 15 is 0 Å². The first-order chi connectivity index (χ1) is 7.22. The fourth-order valence-corrected chi connectivity index (χ4v) is 1.46. The molecule has 0 aliphatic rings. The Kier molecular flexibility index (Phi) is 3.98. The molecule has 1 aromatic heterocycles. The normalized spacial score (nSPS) is 12.7. The van der Waals surface area contributed by atoms with Gasteiger partial charge in [-0.05, 0) is 37.6 Å². The van der Waals surface area contributed by atoms with Crippen molar-refractivity contribution in [2.45, 2.75) is 13.8 Å². The zero-order valence-corrected chi connectivity index (χ0v) is 9.50. The summed E-state index contributed by atoms with van der Waals surface area (Å²) in [4.78, 5) is 3.20. The standard InChI is InChI=1S/C13H17NO/c1-5-7-11(13(6-2)15-4)12-8-10(3)9-14-12/h5-9,14H,1H2,2-4H3/b11-7-,13-6+. The van der Waals surface area contributed by atoms with Crippen LogP contribution in [0.15, 0.2) is 42.8 Å². The van der Waals surface area contributed by atoms with Gasteiger partial charge in [-0.2, -0.15) is 0 Å². The van der Waals surface area contributed by atoms with Crippen molar-refractivity contribution < 1.29 is 4.74 Å². The van der Waals surface area contributed by atoms with Crippen LogP contribution in [0.4, 0.5) is 0 Å². The number of hydrogen-bond acceptors (Lipinski definition) is 1. The molecule has 0 saturated heterocycles. The fourth-order valence-electron chi connectivity index (χ4n) is 1.46. The van der Waals surface area contributed by atoms with Gasteiger partial charge in [0.05, 0.1) is 7.11 Å². The van der Waals surface area contributed by atoms with E-state index in [0.717, 1.165) is 17.0 Å². The highest BCUT2D eigenvalue weighted by Crippen LogP contribution is 2.23.